The van der Waals surface area contributed by atoms with Crippen molar-refractivity contribution < 1.29 is 4.79 Å². The highest BCUT2D eigenvalue weighted by molar-refractivity contribution is 6.10. The van der Waals surface area contributed by atoms with Gasteiger partial charge in [-0.25, -0.2) is 4.98 Å². The lowest BCUT2D eigenvalue weighted by Crippen LogP contribution is -2.13. The molecule has 0 saturated heterocycles. The number of aromatic nitrogens is 3. The van der Waals surface area contributed by atoms with Crippen LogP contribution in [0, 0.1) is 6.92 Å². The number of nitrogens with one attached hydrogen (secondary N) is 2. The van der Waals surface area contributed by atoms with Crippen LogP contribution in [0.25, 0.3) is 21.8 Å². The largest absolute Gasteiger partial charge is 0.349 e. The van der Waals surface area contributed by atoms with Crippen LogP contribution in [0.4, 0.5) is 5.82 Å². The first-order valence-electron chi connectivity index (χ1n) is 7.31. The van der Waals surface area contributed by atoms with Crippen LogP contribution in [0.15, 0.2) is 54.9 Å². The van der Waals surface area contributed by atoms with Gasteiger partial charge in [0.2, 0.25) is 0 Å². The van der Waals surface area contributed by atoms with E-state index in [9.17, 15) is 4.79 Å². The molecule has 0 saturated carbocycles. The van der Waals surface area contributed by atoms with Crippen molar-refractivity contribution in [1.29, 1.82) is 0 Å². The molecule has 0 radical (unpaired) electrons. The predicted octanol–water partition coefficient (Wildman–Crippen LogP) is 3.67. The number of amides is 1. The van der Waals surface area contributed by atoms with Crippen LogP contribution in [0.3, 0.4) is 0 Å². The summed E-state index contributed by atoms with van der Waals surface area (Å²) in [6.45, 7) is 1.96. The lowest BCUT2D eigenvalue weighted by atomic mass is 10.1. The molecule has 5 nitrogen and oxygen atoms in total. The molecule has 0 fully saturated rings. The van der Waals surface area contributed by atoms with Gasteiger partial charge in [0.15, 0.2) is 0 Å². The Morgan fingerprint density at radius 2 is 1.91 bits per heavy atom. The second kappa shape index (κ2) is 5.21. The summed E-state index contributed by atoms with van der Waals surface area (Å²) in [7, 11) is 0. The summed E-state index contributed by atoms with van der Waals surface area (Å²) in [6, 6.07) is 13.4. The number of nitrogens with zero attached hydrogens (tertiary/aromatic N) is 2. The quantitative estimate of drug-likeness (QED) is 0.593. The van der Waals surface area contributed by atoms with Gasteiger partial charge in [0.05, 0.1) is 11.0 Å². The molecule has 1 aromatic carbocycles. The molecule has 0 aliphatic rings. The molecule has 23 heavy (non-hydrogen) atoms. The number of fused-ring (bicyclic) bond motifs is 3. The predicted molar refractivity (Wildman–Crippen MR) is 90.5 cm³/mol. The van der Waals surface area contributed by atoms with E-state index < -0.39 is 0 Å². The second-order valence-corrected chi connectivity index (χ2v) is 5.46. The topological polar surface area (TPSA) is 70.7 Å². The molecule has 5 heteroatoms. The van der Waals surface area contributed by atoms with Crippen molar-refractivity contribution in [2.75, 3.05) is 5.32 Å². The van der Waals surface area contributed by atoms with Gasteiger partial charge in [0.1, 0.15) is 11.5 Å². The second-order valence-electron chi connectivity index (χ2n) is 5.46. The fraction of sp³-hybridized carbons (Fsp3) is 0.0556. The number of H-pyrrole nitrogens is 1. The molecular formula is C18H14N4O. The van der Waals surface area contributed by atoms with Gasteiger partial charge in [-0.1, -0.05) is 18.2 Å². The lowest BCUT2D eigenvalue weighted by Gasteiger charge is -2.03. The first kappa shape index (κ1) is 13.5. The van der Waals surface area contributed by atoms with E-state index in [0.717, 1.165) is 27.4 Å². The summed E-state index contributed by atoms with van der Waals surface area (Å²) in [4.78, 5) is 24.2. The minimum atomic E-state index is -0.219. The minimum absolute atomic E-state index is 0.219. The Morgan fingerprint density at radius 1 is 1.04 bits per heavy atom. The summed E-state index contributed by atoms with van der Waals surface area (Å²) in [5.74, 6) is 0.319. The number of anilines is 1. The molecule has 0 aliphatic carbocycles. The molecule has 3 aromatic heterocycles. The van der Waals surface area contributed by atoms with Crippen molar-refractivity contribution in [2.24, 2.45) is 0 Å². The molecule has 0 atom stereocenters. The van der Waals surface area contributed by atoms with Crippen LogP contribution in [-0.4, -0.2) is 20.9 Å². The SMILES string of the molecule is Cc1ccnc(NC(=O)c2cc3ccc4cccnc4c3[nH]2)c1. The molecule has 112 valence electrons. The number of hydrogen-bond donors (Lipinski definition) is 2. The third-order valence-electron chi connectivity index (χ3n) is 3.77. The summed E-state index contributed by atoms with van der Waals surface area (Å²) >= 11 is 0. The first-order valence-corrected chi connectivity index (χ1v) is 7.31. The number of aryl methyl sites for hydroxylation is 1. The molecular weight excluding hydrogens is 288 g/mol. The average Bonchev–Trinajstić information content (AvgIpc) is 3.00. The zero-order valence-electron chi connectivity index (χ0n) is 12.5. The fourth-order valence-corrected chi connectivity index (χ4v) is 2.65. The van der Waals surface area contributed by atoms with Gasteiger partial charge in [-0.2, -0.15) is 0 Å². The standard InChI is InChI=1S/C18H14N4O/c1-11-6-8-19-15(9-11)22-18(23)14-10-13-5-4-12-3-2-7-20-16(12)17(13)21-14/h2-10,21H,1H3,(H,19,22,23). The van der Waals surface area contributed by atoms with Gasteiger partial charge >= 0.3 is 0 Å². The van der Waals surface area contributed by atoms with Gasteiger partial charge in [-0.15, -0.1) is 0 Å². The first-order chi connectivity index (χ1) is 11.2. The van der Waals surface area contributed by atoms with Crippen LogP contribution >= 0.6 is 0 Å². The Bertz CT molecular complexity index is 1040. The molecule has 0 aliphatic heterocycles. The molecule has 4 aromatic rings. The molecule has 1 amide bonds. The maximum absolute atomic E-state index is 12.4. The van der Waals surface area contributed by atoms with Crippen LogP contribution in [0.1, 0.15) is 16.1 Å². The van der Waals surface area contributed by atoms with Crippen molar-refractivity contribution in [2.45, 2.75) is 6.92 Å². The molecule has 0 unspecified atom stereocenters. The van der Waals surface area contributed by atoms with Gasteiger partial charge < -0.3 is 10.3 Å². The average molecular weight is 302 g/mol. The number of carbonyl (C=O) groups is 1. The monoisotopic (exact) mass is 302 g/mol. The van der Waals surface area contributed by atoms with Crippen molar-refractivity contribution in [3.63, 3.8) is 0 Å². The number of rotatable bonds is 2. The Labute approximate surface area is 132 Å². The van der Waals surface area contributed by atoms with Crippen LogP contribution in [-0.2, 0) is 0 Å². The van der Waals surface area contributed by atoms with E-state index in [1.807, 2.05) is 49.4 Å². The molecule has 3 heterocycles. The number of aromatic amines is 1. The third-order valence-corrected chi connectivity index (χ3v) is 3.77. The van der Waals surface area contributed by atoms with E-state index in [0.29, 0.717) is 11.5 Å². The van der Waals surface area contributed by atoms with Crippen molar-refractivity contribution in [3.8, 4) is 0 Å². The molecule has 2 N–H and O–H groups in total. The van der Waals surface area contributed by atoms with Gasteiger partial charge in [0, 0.05) is 23.2 Å². The fourth-order valence-electron chi connectivity index (χ4n) is 2.65. The van der Waals surface area contributed by atoms with E-state index in [2.05, 4.69) is 20.3 Å². The zero-order valence-corrected chi connectivity index (χ0v) is 12.5. The highest BCUT2D eigenvalue weighted by Crippen LogP contribution is 2.24. The van der Waals surface area contributed by atoms with Gasteiger partial charge in [-0.05, 0) is 36.8 Å². The minimum Gasteiger partial charge on any atom is -0.349 e. The van der Waals surface area contributed by atoms with Gasteiger partial charge in [0.25, 0.3) is 5.91 Å². The smallest absolute Gasteiger partial charge is 0.273 e. The Balaban J connectivity index is 1.74. The summed E-state index contributed by atoms with van der Waals surface area (Å²) in [5, 5.41) is 4.80. The molecule has 0 bridgehead atoms. The van der Waals surface area contributed by atoms with Crippen LogP contribution in [0.2, 0.25) is 0 Å². The van der Waals surface area contributed by atoms with E-state index in [-0.39, 0.29) is 5.91 Å². The number of carbonyl (C=O) groups excluding carboxylic acids is 1. The van der Waals surface area contributed by atoms with Gasteiger partial charge in [-0.3, -0.25) is 9.78 Å². The Morgan fingerprint density at radius 3 is 2.78 bits per heavy atom. The van der Waals surface area contributed by atoms with Crippen molar-refractivity contribution in [3.05, 3.63) is 66.1 Å². The number of benzene rings is 1. The van der Waals surface area contributed by atoms with E-state index in [4.69, 9.17) is 0 Å². The van der Waals surface area contributed by atoms with Crippen LogP contribution in [0.5, 0.6) is 0 Å². The summed E-state index contributed by atoms with van der Waals surface area (Å²) < 4.78 is 0. The normalized spacial score (nSPS) is 11.0. The third kappa shape index (κ3) is 2.42. The Hall–Kier alpha value is -3.21. The Kier molecular flexibility index (Phi) is 3.05. The molecule has 4 rings (SSSR count). The van der Waals surface area contributed by atoms with Crippen LogP contribution < -0.4 is 5.32 Å². The molecule has 0 spiro atoms. The van der Waals surface area contributed by atoms with E-state index >= 15 is 0 Å². The number of hydrogen-bond acceptors (Lipinski definition) is 3. The highest BCUT2D eigenvalue weighted by atomic mass is 16.1. The van der Waals surface area contributed by atoms with E-state index in [1.54, 1.807) is 12.4 Å². The highest BCUT2D eigenvalue weighted by Gasteiger charge is 2.12. The lowest BCUT2D eigenvalue weighted by molar-refractivity contribution is 0.102. The maximum atomic E-state index is 12.4. The van der Waals surface area contributed by atoms with E-state index in [1.165, 1.54) is 0 Å². The summed E-state index contributed by atoms with van der Waals surface area (Å²) in [6.07, 6.45) is 3.42. The maximum Gasteiger partial charge on any atom is 0.273 e. The van der Waals surface area contributed by atoms with Crippen molar-refractivity contribution >= 4 is 33.5 Å². The zero-order chi connectivity index (χ0) is 15.8. The number of pyridine rings is 2. The van der Waals surface area contributed by atoms with Crippen molar-refractivity contribution in [1.82, 2.24) is 15.0 Å². The summed E-state index contributed by atoms with van der Waals surface area (Å²) in [5.41, 5.74) is 3.26.